The summed E-state index contributed by atoms with van der Waals surface area (Å²) in [6, 6.07) is 0. The smallest absolute Gasteiger partial charge is 0.313 e. The van der Waals surface area contributed by atoms with Crippen molar-refractivity contribution in [3.05, 3.63) is 12.2 Å². The van der Waals surface area contributed by atoms with Crippen molar-refractivity contribution in [2.75, 3.05) is 0 Å². The fourth-order valence-corrected chi connectivity index (χ4v) is 2.64. The summed E-state index contributed by atoms with van der Waals surface area (Å²) in [5, 5.41) is 0. The van der Waals surface area contributed by atoms with Gasteiger partial charge in [0.25, 0.3) is 0 Å². The zero-order valence-corrected chi connectivity index (χ0v) is 9.93. The van der Waals surface area contributed by atoms with Gasteiger partial charge in [0.05, 0.1) is 11.8 Å². The lowest BCUT2D eigenvalue weighted by atomic mass is 9.83. The first-order chi connectivity index (χ1) is 8.18. The molecular weight excluding hydrogens is 218 g/mol. The van der Waals surface area contributed by atoms with E-state index in [1.165, 1.54) is 0 Å². The van der Waals surface area contributed by atoms with Crippen LogP contribution in [-0.4, -0.2) is 18.0 Å². The number of carbonyl (C=O) groups excluding carboxylic acids is 2. The quantitative estimate of drug-likeness (QED) is 0.598. The molecule has 0 saturated heterocycles. The molecule has 94 valence electrons. The van der Waals surface area contributed by atoms with E-state index in [9.17, 15) is 9.59 Å². The largest absolute Gasteiger partial charge is 0.462 e. The van der Waals surface area contributed by atoms with Crippen LogP contribution >= 0.6 is 0 Å². The molecule has 4 heteroatoms. The van der Waals surface area contributed by atoms with Gasteiger partial charge < -0.3 is 10.5 Å². The van der Waals surface area contributed by atoms with E-state index in [1.807, 2.05) is 6.08 Å². The van der Waals surface area contributed by atoms with E-state index in [1.54, 1.807) is 6.08 Å². The SMILES string of the molecule is NC(=O)C1CCC=CC1C(=O)OC1CCCC1. The number of carbonyl (C=O) groups is 2. The lowest BCUT2D eigenvalue weighted by Crippen LogP contribution is -2.36. The Bertz CT molecular complexity index is 332. The monoisotopic (exact) mass is 237 g/mol. The molecule has 0 radical (unpaired) electrons. The summed E-state index contributed by atoms with van der Waals surface area (Å²) < 4.78 is 5.43. The molecule has 1 saturated carbocycles. The minimum absolute atomic E-state index is 0.0475. The second-order valence-corrected chi connectivity index (χ2v) is 4.88. The van der Waals surface area contributed by atoms with Gasteiger partial charge >= 0.3 is 5.97 Å². The Morgan fingerprint density at radius 1 is 1.18 bits per heavy atom. The van der Waals surface area contributed by atoms with E-state index >= 15 is 0 Å². The maximum atomic E-state index is 12.0. The first kappa shape index (κ1) is 12.1. The van der Waals surface area contributed by atoms with Crippen LogP contribution in [-0.2, 0) is 14.3 Å². The molecule has 2 atom stereocenters. The molecule has 1 amide bonds. The topological polar surface area (TPSA) is 69.4 Å². The van der Waals surface area contributed by atoms with Crippen LogP contribution in [0.15, 0.2) is 12.2 Å². The molecular formula is C13H19NO3. The first-order valence-corrected chi connectivity index (χ1v) is 6.35. The molecule has 2 aliphatic carbocycles. The number of nitrogens with two attached hydrogens (primary N) is 1. The Balaban J connectivity index is 1.98. The average Bonchev–Trinajstić information content (AvgIpc) is 2.81. The average molecular weight is 237 g/mol. The number of primary amides is 1. The number of rotatable bonds is 3. The van der Waals surface area contributed by atoms with Gasteiger partial charge in [0.2, 0.25) is 5.91 Å². The highest BCUT2D eigenvalue weighted by Gasteiger charge is 2.34. The molecule has 4 nitrogen and oxygen atoms in total. The third kappa shape index (κ3) is 2.87. The van der Waals surface area contributed by atoms with E-state index in [2.05, 4.69) is 0 Å². The van der Waals surface area contributed by atoms with E-state index in [-0.39, 0.29) is 12.1 Å². The van der Waals surface area contributed by atoms with Gasteiger partial charge in [-0.25, -0.2) is 0 Å². The summed E-state index contributed by atoms with van der Waals surface area (Å²) in [6.07, 6.45) is 9.35. The van der Waals surface area contributed by atoms with Gasteiger partial charge in [0.15, 0.2) is 0 Å². The Labute approximate surface area is 101 Å². The van der Waals surface area contributed by atoms with Gasteiger partial charge in [-0.15, -0.1) is 0 Å². The van der Waals surface area contributed by atoms with Gasteiger partial charge in [-0.1, -0.05) is 12.2 Å². The molecule has 0 spiro atoms. The minimum atomic E-state index is -0.471. The van der Waals surface area contributed by atoms with Crippen molar-refractivity contribution >= 4 is 11.9 Å². The highest BCUT2D eigenvalue weighted by atomic mass is 16.5. The van der Waals surface area contributed by atoms with Crippen LogP contribution in [0.3, 0.4) is 0 Å². The Hall–Kier alpha value is -1.32. The highest BCUT2D eigenvalue weighted by Crippen LogP contribution is 2.28. The van der Waals surface area contributed by atoms with Gasteiger partial charge in [-0.3, -0.25) is 9.59 Å². The molecule has 2 rings (SSSR count). The van der Waals surface area contributed by atoms with Crippen LogP contribution in [0.25, 0.3) is 0 Å². The molecule has 2 aliphatic rings. The molecule has 0 aromatic rings. The van der Waals surface area contributed by atoms with Crippen LogP contribution in [0.2, 0.25) is 0 Å². The Morgan fingerprint density at radius 3 is 2.53 bits per heavy atom. The number of amides is 1. The summed E-state index contributed by atoms with van der Waals surface area (Å²) in [5.74, 6) is -1.55. The number of esters is 1. The van der Waals surface area contributed by atoms with Crippen LogP contribution in [0.5, 0.6) is 0 Å². The van der Waals surface area contributed by atoms with Gasteiger partial charge in [-0.2, -0.15) is 0 Å². The molecule has 17 heavy (non-hydrogen) atoms. The molecule has 0 heterocycles. The fraction of sp³-hybridized carbons (Fsp3) is 0.692. The van der Waals surface area contributed by atoms with Crippen molar-refractivity contribution in [2.24, 2.45) is 17.6 Å². The second-order valence-electron chi connectivity index (χ2n) is 4.88. The first-order valence-electron chi connectivity index (χ1n) is 6.35. The van der Waals surface area contributed by atoms with Crippen LogP contribution < -0.4 is 5.73 Å². The predicted octanol–water partition coefficient (Wildman–Crippen LogP) is 1.54. The minimum Gasteiger partial charge on any atom is -0.462 e. The van der Waals surface area contributed by atoms with Crippen molar-refractivity contribution < 1.29 is 14.3 Å². The highest BCUT2D eigenvalue weighted by molar-refractivity contribution is 5.85. The van der Waals surface area contributed by atoms with Gasteiger partial charge in [0.1, 0.15) is 6.10 Å². The van der Waals surface area contributed by atoms with Crippen molar-refractivity contribution in [1.82, 2.24) is 0 Å². The Morgan fingerprint density at radius 2 is 1.88 bits per heavy atom. The number of hydrogen-bond donors (Lipinski definition) is 1. The van der Waals surface area contributed by atoms with Gasteiger partial charge in [-0.05, 0) is 38.5 Å². The molecule has 2 N–H and O–H groups in total. The van der Waals surface area contributed by atoms with Crippen LogP contribution in [0.1, 0.15) is 38.5 Å². The maximum Gasteiger partial charge on any atom is 0.313 e. The van der Waals surface area contributed by atoms with Crippen molar-refractivity contribution in [2.45, 2.75) is 44.6 Å². The summed E-state index contributed by atoms with van der Waals surface area (Å²) in [7, 11) is 0. The molecule has 0 aliphatic heterocycles. The summed E-state index contributed by atoms with van der Waals surface area (Å²) in [5.41, 5.74) is 5.32. The normalized spacial score (nSPS) is 29.2. The van der Waals surface area contributed by atoms with Crippen molar-refractivity contribution in [3.63, 3.8) is 0 Å². The summed E-state index contributed by atoms with van der Waals surface area (Å²) in [4.78, 5) is 23.3. The molecule has 0 aromatic carbocycles. The standard InChI is InChI=1S/C13H19NO3/c14-12(15)10-7-3-4-8-11(10)13(16)17-9-5-1-2-6-9/h4,8-11H,1-3,5-7H2,(H2,14,15). The van der Waals surface area contributed by atoms with Crippen molar-refractivity contribution in [3.8, 4) is 0 Å². The second kappa shape index (κ2) is 5.34. The van der Waals surface area contributed by atoms with Crippen LogP contribution in [0.4, 0.5) is 0 Å². The predicted molar refractivity (Wildman–Crippen MR) is 62.9 cm³/mol. The van der Waals surface area contributed by atoms with Gasteiger partial charge in [0, 0.05) is 0 Å². The van der Waals surface area contributed by atoms with Crippen molar-refractivity contribution in [1.29, 1.82) is 0 Å². The molecule has 2 unspecified atom stereocenters. The van der Waals surface area contributed by atoms with E-state index in [0.29, 0.717) is 6.42 Å². The zero-order chi connectivity index (χ0) is 12.3. The molecule has 1 fully saturated rings. The molecule has 0 bridgehead atoms. The molecule has 0 aromatic heterocycles. The Kier molecular flexibility index (Phi) is 3.82. The fourth-order valence-electron chi connectivity index (χ4n) is 2.64. The maximum absolute atomic E-state index is 12.0. The van der Waals surface area contributed by atoms with E-state index < -0.39 is 17.7 Å². The lowest BCUT2D eigenvalue weighted by molar-refractivity contribution is -0.155. The summed E-state index contributed by atoms with van der Waals surface area (Å²) in [6.45, 7) is 0. The summed E-state index contributed by atoms with van der Waals surface area (Å²) >= 11 is 0. The van der Waals surface area contributed by atoms with E-state index in [4.69, 9.17) is 10.5 Å². The number of allylic oxidation sites excluding steroid dienone is 1. The lowest BCUT2D eigenvalue weighted by Gasteiger charge is -2.24. The van der Waals surface area contributed by atoms with Crippen LogP contribution in [0, 0.1) is 11.8 Å². The van der Waals surface area contributed by atoms with E-state index in [0.717, 1.165) is 32.1 Å². The third-order valence-corrected chi connectivity index (χ3v) is 3.64. The number of hydrogen-bond acceptors (Lipinski definition) is 3. The zero-order valence-electron chi connectivity index (χ0n) is 9.93. The third-order valence-electron chi connectivity index (χ3n) is 3.64. The number of ether oxygens (including phenoxy) is 1.